The van der Waals surface area contributed by atoms with E-state index >= 15 is 0 Å². The van der Waals surface area contributed by atoms with E-state index in [-0.39, 0.29) is 5.91 Å². The molecule has 0 bridgehead atoms. The van der Waals surface area contributed by atoms with Crippen LogP contribution in [0.3, 0.4) is 0 Å². The maximum atomic E-state index is 12.2. The number of aryl methyl sites for hydroxylation is 1. The second kappa shape index (κ2) is 8.08. The maximum absolute atomic E-state index is 12.2. The molecule has 5 heteroatoms. The normalized spacial score (nSPS) is 11.2. The van der Waals surface area contributed by atoms with Crippen LogP contribution in [0.25, 0.3) is 0 Å². The predicted octanol–water partition coefficient (Wildman–Crippen LogP) is 2.67. The summed E-state index contributed by atoms with van der Waals surface area (Å²) in [6.07, 6.45) is 0.910. The van der Waals surface area contributed by atoms with Crippen LogP contribution in [-0.2, 0) is 16.0 Å². The summed E-state index contributed by atoms with van der Waals surface area (Å²) in [5.74, 6) is 0.0630. The van der Waals surface area contributed by atoms with E-state index in [1.807, 2.05) is 18.2 Å². The number of benzene rings is 1. The molecule has 0 aliphatic rings. The molecule has 0 fully saturated rings. The van der Waals surface area contributed by atoms with E-state index in [2.05, 4.69) is 12.1 Å². The van der Waals surface area contributed by atoms with Crippen LogP contribution in [0.1, 0.15) is 26.3 Å². The van der Waals surface area contributed by atoms with Crippen LogP contribution < -0.4 is 0 Å². The lowest BCUT2D eigenvalue weighted by atomic mass is 10.0. The average Bonchev–Trinajstić information content (AvgIpc) is 2.45. The third-order valence-corrected chi connectivity index (χ3v) is 4.36. The van der Waals surface area contributed by atoms with E-state index < -0.39 is 11.5 Å². The van der Waals surface area contributed by atoms with E-state index in [1.165, 1.54) is 10.5 Å². The second-order valence-electron chi connectivity index (χ2n) is 5.29. The van der Waals surface area contributed by atoms with E-state index in [4.69, 9.17) is 0 Å². The maximum Gasteiger partial charge on any atom is 0.329 e. The van der Waals surface area contributed by atoms with Gasteiger partial charge in [0, 0.05) is 6.54 Å². The topological polar surface area (TPSA) is 57.6 Å². The summed E-state index contributed by atoms with van der Waals surface area (Å²) in [4.78, 5) is 24.8. The lowest BCUT2D eigenvalue weighted by Gasteiger charge is -2.34. The highest BCUT2D eigenvalue weighted by Crippen LogP contribution is 2.17. The van der Waals surface area contributed by atoms with Crippen molar-refractivity contribution in [1.29, 1.82) is 0 Å². The van der Waals surface area contributed by atoms with Gasteiger partial charge in [-0.25, -0.2) is 4.79 Å². The number of carbonyl (C=O) groups is 2. The molecule has 1 aromatic carbocycles. The number of rotatable bonds is 8. The fraction of sp³-hybridized carbons (Fsp3) is 0.500. The Morgan fingerprint density at radius 2 is 1.86 bits per heavy atom. The summed E-state index contributed by atoms with van der Waals surface area (Å²) in [5.41, 5.74) is 0.0851. The minimum absolute atomic E-state index is 0.122. The highest BCUT2D eigenvalue weighted by molar-refractivity contribution is 7.99. The molecule has 0 unspecified atom stereocenters. The van der Waals surface area contributed by atoms with Gasteiger partial charge in [0.2, 0.25) is 5.91 Å². The number of hydrogen-bond acceptors (Lipinski definition) is 3. The van der Waals surface area contributed by atoms with Crippen molar-refractivity contribution in [2.24, 2.45) is 0 Å². The van der Waals surface area contributed by atoms with Crippen molar-refractivity contribution >= 4 is 23.6 Å². The Labute approximate surface area is 130 Å². The number of amides is 1. The third kappa shape index (κ3) is 5.08. The molecular weight excluding hydrogens is 286 g/mol. The van der Waals surface area contributed by atoms with Crippen molar-refractivity contribution in [1.82, 2.24) is 4.90 Å². The molecular formula is C16H23NO3S. The first-order chi connectivity index (χ1) is 9.89. The number of likely N-dealkylation sites (N-methyl/N-ethyl adjacent to an activating group) is 1. The molecule has 1 amide bonds. The van der Waals surface area contributed by atoms with Gasteiger partial charge in [-0.3, -0.25) is 4.79 Å². The Bertz CT molecular complexity index is 474. The molecule has 0 heterocycles. The first-order valence-corrected chi connectivity index (χ1v) is 8.20. The average molecular weight is 309 g/mol. The molecule has 0 saturated carbocycles. The Hall–Kier alpha value is -1.49. The summed E-state index contributed by atoms with van der Waals surface area (Å²) in [5, 5.41) is 9.21. The molecule has 1 aromatic rings. The Morgan fingerprint density at radius 1 is 1.24 bits per heavy atom. The zero-order valence-corrected chi connectivity index (χ0v) is 13.7. The van der Waals surface area contributed by atoms with Gasteiger partial charge in [0.1, 0.15) is 5.54 Å². The summed E-state index contributed by atoms with van der Waals surface area (Å²) >= 11 is 1.54. The summed E-state index contributed by atoms with van der Waals surface area (Å²) < 4.78 is 0. The van der Waals surface area contributed by atoms with Crippen LogP contribution in [-0.4, -0.2) is 45.5 Å². The molecule has 21 heavy (non-hydrogen) atoms. The minimum atomic E-state index is -1.16. The molecule has 1 N–H and O–H groups in total. The zero-order chi connectivity index (χ0) is 15.9. The van der Waals surface area contributed by atoms with Crippen molar-refractivity contribution in [2.45, 2.75) is 32.7 Å². The molecule has 0 aliphatic carbocycles. The van der Waals surface area contributed by atoms with E-state index in [9.17, 15) is 14.7 Å². The summed E-state index contributed by atoms with van der Waals surface area (Å²) in [6.45, 7) is 5.32. The van der Waals surface area contributed by atoms with Crippen LogP contribution in [0.15, 0.2) is 30.3 Å². The molecule has 1 rings (SSSR count). The van der Waals surface area contributed by atoms with Crippen LogP contribution in [0.4, 0.5) is 0 Å². The lowest BCUT2D eigenvalue weighted by molar-refractivity contribution is -0.155. The van der Waals surface area contributed by atoms with Crippen LogP contribution >= 0.6 is 11.8 Å². The van der Waals surface area contributed by atoms with Crippen molar-refractivity contribution in [3.05, 3.63) is 35.9 Å². The van der Waals surface area contributed by atoms with Gasteiger partial charge in [-0.1, -0.05) is 30.3 Å². The molecule has 0 saturated heterocycles. The Morgan fingerprint density at radius 3 is 2.38 bits per heavy atom. The standard InChI is InChI=1S/C16H23NO3S/c1-4-17(16(2,3)15(19)20)14(18)12-21-11-10-13-8-6-5-7-9-13/h5-9H,4,10-12H2,1-3H3,(H,19,20). The Balaban J connectivity index is 2.43. The van der Waals surface area contributed by atoms with Gasteiger partial charge in [-0.2, -0.15) is 11.8 Å². The first-order valence-electron chi connectivity index (χ1n) is 7.05. The molecule has 0 atom stereocenters. The molecule has 0 aliphatic heterocycles. The van der Waals surface area contributed by atoms with Gasteiger partial charge < -0.3 is 10.0 Å². The van der Waals surface area contributed by atoms with Crippen molar-refractivity contribution < 1.29 is 14.7 Å². The van der Waals surface area contributed by atoms with E-state index in [0.717, 1.165) is 12.2 Å². The lowest BCUT2D eigenvalue weighted by Crippen LogP contribution is -2.53. The number of aliphatic carboxylic acids is 1. The van der Waals surface area contributed by atoms with Crippen LogP contribution in [0, 0.1) is 0 Å². The highest BCUT2D eigenvalue weighted by Gasteiger charge is 2.36. The molecule has 0 spiro atoms. The van der Waals surface area contributed by atoms with Crippen LogP contribution in [0.2, 0.25) is 0 Å². The first kappa shape index (κ1) is 17.6. The monoisotopic (exact) mass is 309 g/mol. The second-order valence-corrected chi connectivity index (χ2v) is 6.40. The van der Waals surface area contributed by atoms with Gasteiger partial charge in [0.05, 0.1) is 5.75 Å². The number of carboxylic acid groups (broad SMARTS) is 1. The van der Waals surface area contributed by atoms with Gasteiger partial charge in [0.25, 0.3) is 0 Å². The van der Waals surface area contributed by atoms with Gasteiger partial charge in [-0.05, 0) is 38.5 Å². The number of hydrogen-bond donors (Lipinski definition) is 1. The summed E-state index contributed by atoms with van der Waals surface area (Å²) in [6, 6.07) is 10.1. The summed E-state index contributed by atoms with van der Waals surface area (Å²) in [7, 11) is 0. The fourth-order valence-corrected chi connectivity index (χ4v) is 2.93. The fourth-order valence-electron chi connectivity index (χ4n) is 2.07. The molecule has 4 nitrogen and oxygen atoms in total. The number of carbonyl (C=O) groups excluding carboxylic acids is 1. The molecule has 0 aromatic heterocycles. The van der Waals surface area contributed by atoms with Crippen molar-refractivity contribution in [3.63, 3.8) is 0 Å². The minimum Gasteiger partial charge on any atom is -0.480 e. The third-order valence-electron chi connectivity index (χ3n) is 3.42. The molecule has 116 valence electrons. The highest BCUT2D eigenvalue weighted by atomic mass is 32.2. The van der Waals surface area contributed by atoms with Crippen molar-refractivity contribution in [3.8, 4) is 0 Å². The molecule has 0 radical (unpaired) electrons. The largest absolute Gasteiger partial charge is 0.480 e. The van der Waals surface area contributed by atoms with Gasteiger partial charge >= 0.3 is 5.97 Å². The number of thioether (sulfide) groups is 1. The zero-order valence-electron chi connectivity index (χ0n) is 12.8. The van der Waals surface area contributed by atoms with Gasteiger partial charge in [-0.15, -0.1) is 0 Å². The van der Waals surface area contributed by atoms with E-state index in [0.29, 0.717) is 12.3 Å². The van der Waals surface area contributed by atoms with Gasteiger partial charge in [0.15, 0.2) is 0 Å². The number of nitrogens with zero attached hydrogens (tertiary/aromatic N) is 1. The van der Waals surface area contributed by atoms with Crippen LogP contribution in [0.5, 0.6) is 0 Å². The SMILES string of the molecule is CCN(C(=O)CSCCc1ccccc1)C(C)(C)C(=O)O. The quantitative estimate of drug-likeness (QED) is 0.750. The Kier molecular flexibility index (Phi) is 6.75. The van der Waals surface area contributed by atoms with E-state index in [1.54, 1.807) is 32.5 Å². The number of carboxylic acids is 1. The van der Waals surface area contributed by atoms with Crippen molar-refractivity contribution in [2.75, 3.05) is 18.1 Å². The smallest absolute Gasteiger partial charge is 0.329 e. The predicted molar refractivity (Wildman–Crippen MR) is 86.6 cm³/mol.